The predicted molar refractivity (Wildman–Crippen MR) is 58.5 cm³/mol. The molecule has 0 radical (unpaired) electrons. The van der Waals surface area contributed by atoms with Crippen molar-refractivity contribution in [3.05, 3.63) is 35.9 Å². The lowest BCUT2D eigenvalue weighted by molar-refractivity contribution is 0.287. The van der Waals surface area contributed by atoms with Gasteiger partial charge in [-0.1, -0.05) is 6.07 Å². The second-order valence-corrected chi connectivity index (χ2v) is 3.54. The molecule has 0 aliphatic heterocycles. The fourth-order valence-corrected chi connectivity index (χ4v) is 1.63. The number of imidazole rings is 1. The minimum atomic E-state index is 0.200. The van der Waals surface area contributed by atoms with E-state index in [2.05, 4.69) is 4.98 Å². The van der Waals surface area contributed by atoms with Crippen LogP contribution in [0.3, 0.4) is 0 Å². The lowest BCUT2D eigenvalue weighted by Gasteiger charge is -2.02. The van der Waals surface area contributed by atoms with E-state index in [0.29, 0.717) is 6.54 Å². The highest BCUT2D eigenvalue weighted by molar-refractivity contribution is 5.47. The lowest BCUT2D eigenvalue weighted by Crippen LogP contribution is -2.01. The topological polar surface area (TPSA) is 63.5 Å². The highest BCUT2D eigenvalue weighted by Gasteiger charge is 2.03. The molecule has 0 atom stereocenters. The van der Waals surface area contributed by atoms with Gasteiger partial charge >= 0.3 is 0 Å². The summed E-state index contributed by atoms with van der Waals surface area (Å²) in [6, 6.07) is 4.02. The highest BCUT2D eigenvalue weighted by atomic mass is 16.2. The Hall–Kier alpha value is -1.39. The van der Waals surface area contributed by atoms with E-state index in [0.717, 1.165) is 29.7 Å². The number of pyridine rings is 1. The van der Waals surface area contributed by atoms with Gasteiger partial charge in [-0.2, -0.15) is 0 Å². The van der Waals surface area contributed by atoms with Crippen molar-refractivity contribution < 1.29 is 5.11 Å². The van der Waals surface area contributed by atoms with E-state index < -0.39 is 0 Å². The Kier molecular flexibility index (Phi) is 2.99. The number of aromatic nitrogens is 2. The lowest BCUT2D eigenvalue weighted by atomic mass is 10.2. The fourth-order valence-electron chi connectivity index (χ4n) is 1.63. The summed E-state index contributed by atoms with van der Waals surface area (Å²) in [5.41, 5.74) is 7.74. The van der Waals surface area contributed by atoms with Crippen LogP contribution in [-0.4, -0.2) is 21.1 Å². The van der Waals surface area contributed by atoms with Gasteiger partial charge in [0.1, 0.15) is 5.82 Å². The summed E-state index contributed by atoms with van der Waals surface area (Å²) in [7, 11) is 0. The third kappa shape index (κ3) is 2.00. The standard InChI is InChI=1S/C11H15N3O/c12-6-9-3-4-10-7-13-11(2-1-5-15)14(10)8-9/h3-4,7-8,15H,1-2,5-6,12H2. The zero-order valence-corrected chi connectivity index (χ0v) is 8.56. The smallest absolute Gasteiger partial charge is 0.113 e. The normalized spacial score (nSPS) is 11.1. The largest absolute Gasteiger partial charge is 0.396 e. The number of nitrogens with two attached hydrogens (primary N) is 1. The van der Waals surface area contributed by atoms with Crippen molar-refractivity contribution in [3.8, 4) is 0 Å². The van der Waals surface area contributed by atoms with Crippen molar-refractivity contribution in [1.29, 1.82) is 0 Å². The van der Waals surface area contributed by atoms with E-state index in [1.807, 2.05) is 28.9 Å². The van der Waals surface area contributed by atoms with E-state index in [4.69, 9.17) is 10.8 Å². The molecule has 4 nitrogen and oxygen atoms in total. The van der Waals surface area contributed by atoms with E-state index >= 15 is 0 Å². The number of aryl methyl sites for hydroxylation is 1. The van der Waals surface area contributed by atoms with Crippen LogP contribution >= 0.6 is 0 Å². The first kappa shape index (κ1) is 10.1. The molecule has 0 bridgehead atoms. The molecule has 0 unspecified atom stereocenters. The summed E-state index contributed by atoms with van der Waals surface area (Å²) < 4.78 is 2.04. The van der Waals surface area contributed by atoms with Gasteiger partial charge in [-0.15, -0.1) is 0 Å². The zero-order valence-electron chi connectivity index (χ0n) is 8.56. The molecule has 2 aromatic heterocycles. The van der Waals surface area contributed by atoms with Crippen LogP contribution in [0.25, 0.3) is 5.52 Å². The number of fused-ring (bicyclic) bond motifs is 1. The fraction of sp³-hybridized carbons (Fsp3) is 0.364. The molecule has 2 aromatic rings. The van der Waals surface area contributed by atoms with E-state index in [9.17, 15) is 0 Å². The molecule has 0 spiro atoms. The van der Waals surface area contributed by atoms with Crippen LogP contribution in [0.1, 0.15) is 17.8 Å². The number of rotatable bonds is 4. The van der Waals surface area contributed by atoms with E-state index in [1.165, 1.54) is 0 Å². The van der Waals surface area contributed by atoms with Crippen LogP contribution in [0.4, 0.5) is 0 Å². The van der Waals surface area contributed by atoms with Gasteiger partial charge < -0.3 is 15.2 Å². The summed E-state index contributed by atoms with van der Waals surface area (Å²) in [6.07, 6.45) is 5.38. The quantitative estimate of drug-likeness (QED) is 0.773. The maximum absolute atomic E-state index is 8.78. The number of aliphatic hydroxyl groups excluding tert-OH is 1. The summed E-state index contributed by atoms with van der Waals surface area (Å²) in [4.78, 5) is 4.32. The summed E-state index contributed by atoms with van der Waals surface area (Å²) in [5.74, 6) is 0.981. The van der Waals surface area contributed by atoms with Gasteiger partial charge in [0.05, 0.1) is 11.7 Å². The molecule has 15 heavy (non-hydrogen) atoms. The van der Waals surface area contributed by atoms with Crippen molar-refractivity contribution in [2.45, 2.75) is 19.4 Å². The minimum absolute atomic E-state index is 0.200. The van der Waals surface area contributed by atoms with Crippen LogP contribution < -0.4 is 5.73 Å². The maximum atomic E-state index is 8.78. The monoisotopic (exact) mass is 205 g/mol. The highest BCUT2D eigenvalue weighted by Crippen LogP contribution is 2.10. The van der Waals surface area contributed by atoms with E-state index in [1.54, 1.807) is 0 Å². The summed E-state index contributed by atoms with van der Waals surface area (Å²) in [5, 5.41) is 8.78. The van der Waals surface area contributed by atoms with Gasteiger partial charge in [0.25, 0.3) is 0 Å². The van der Waals surface area contributed by atoms with Crippen LogP contribution in [-0.2, 0) is 13.0 Å². The molecule has 2 heterocycles. The zero-order chi connectivity index (χ0) is 10.7. The molecule has 0 fully saturated rings. The first-order valence-electron chi connectivity index (χ1n) is 5.11. The van der Waals surface area contributed by atoms with Gasteiger partial charge in [-0.05, 0) is 18.1 Å². The van der Waals surface area contributed by atoms with Crippen molar-refractivity contribution in [2.24, 2.45) is 5.73 Å². The molecule has 80 valence electrons. The molecule has 2 rings (SSSR count). The minimum Gasteiger partial charge on any atom is -0.396 e. The molecule has 3 N–H and O–H groups in total. The Bertz CT molecular complexity index is 450. The molecular formula is C11H15N3O. The number of hydrogen-bond acceptors (Lipinski definition) is 3. The van der Waals surface area contributed by atoms with Gasteiger partial charge in [-0.25, -0.2) is 4.98 Å². The number of nitrogens with zero attached hydrogens (tertiary/aromatic N) is 2. The maximum Gasteiger partial charge on any atom is 0.113 e. The average Bonchev–Trinajstić information content (AvgIpc) is 2.68. The van der Waals surface area contributed by atoms with Gasteiger partial charge in [0.2, 0.25) is 0 Å². The first-order valence-corrected chi connectivity index (χ1v) is 5.11. The van der Waals surface area contributed by atoms with Gasteiger partial charge in [0.15, 0.2) is 0 Å². The van der Waals surface area contributed by atoms with Gasteiger partial charge in [-0.3, -0.25) is 0 Å². The van der Waals surface area contributed by atoms with Crippen molar-refractivity contribution in [3.63, 3.8) is 0 Å². The van der Waals surface area contributed by atoms with Gasteiger partial charge in [0, 0.05) is 25.8 Å². The second kappa shape index (κ2) is 4.42. The van der Waals surface area contributed by atoms with Crippen LogP contribution in [0.2, 0.25) is 0 Å². The molecule has 4 heteroatoms. The molecule has 0 aromatic carbocycles. The first-order chi connectivity index (χ1) is 7.35. The molecule has 0 saturated carbocycles. The predicted octanol–water partition coefficient (Wildman–Crippen LogP) is 0.718. The van der Waals surface area contributed by atoms with Crippen molar-refractivity contribution in [1.82, 2.24) is 9.38 Å². The summed E-state index contributed by atoms with van der Waals surface area (Å²) in [6.45, 7) is 0.735. The third-order valence-electron chi connectivity index (χ3n) is 2.46. The SMILES string of the molecule is NCc1ccc2cnc(CCCO)n2c1. The molecule has 0 aliphatic carbocycles. The average molecular weight is 205 g/mol. The number of aliphatic hydroxyl groups is 1. The number of hydrogen-bond donors (Lipinski definition) is 2. The Morgan fingerprint density at radius 1 is 1.40 bits per heavy atom. The van der Waals surface area contributed by atoms with Crippen molar-refractivity contribution >= 4 is 5.52 Å². The molecule has 0 amide bonds. The Morgan fingerprint density at radius 3 is 3.00 bits per heavy atom. The van der Waals surface area contributed by atoms with Crippen molar-refractivity contribution in [2.75, 3.05) is 6.61 Å². The van der Waals surface area contributed by atoms with Crippen LogP contribution in [0.15, 0.2) is 24.5 Å². The van der Waals surface area contributed by atoms with E-state index in [-0.39, 0.29) is 6.61 Å². The third-order valence-corrected chi connectivity index (χ3v) is 2.46. The molecule has 0 aliphatic rings. The Morgan fingerprint density at radius 2 is 2.27 bits per heavy atom. The van der Waals surface area contributed by atoms with Crippen LogP contribution in [0.5, 0.6) is 0 Å². The Balaban J connectivity index is 2.38. The second-order valence-electron chi connectivity index (χ2n) is 3.54. The molecular weight excluding hydrogens is 190 g/mol. The van der Waals surface area contributed by atoms with Crippen LogP contribution in [0, 0.1) is 0 Å². The molecule has 0 saturated heterocycles. The Labute approximate surface area is 88.4 Å². The summed E-state index contributed by atoms with van der Waals surface area (Å²) >= 11 is 0.